The number of hydrogen-bond donors (Lipinski definition) is 1. The Labute approximate surface area is 175 Å². The molecule has 1 fully saturated rings. The molecule has 1 aliphatic rings. The average Bonchev–Trinajstić information content (AvgIpc) is 3.25. The van der Waals surface area contributed by atoms with Crippen molar-refractivity contribution in [1.82, 2.24) is 0 Å². The van der Waals surface area contributed by atoms with E-state index in [1.807, 2.05) is 51.1 Å². The zero-order chi connectivity index (χ0) is 21.6. The van der Waals surface area contributed by atoms with Crippen molar-refractivity contribution >= 4 is 23.1 Å². The number of carbonyl (C=O) groups excluding carboxylic acids is 2. The number of amides is 1. The molecule has 1 atom stereocenters. The molecule has 1 aliphatic heterocycles. The molecule has 0 spiro atoms. The largest absolute Gasteiger partial charge is 0.507 e. The highest BCUT2D eigenvalue weighted by atomic mass is 16.3. The Morgan fingerprint density at radius 1 is 0.900 bits per heavy atom. The van der Waals surface area contributed by atoms with E-state index < -0.39 is 17.7 Å². The highest BCUT2D eigenvalue weighted by molar-refractivity contribution is 6.51. The van der Waals surface area contributed by atoms with Crippen molar-refractivity contribution in [2.45, 2.75) is 33.7 Å². The average molecular weight is 401 g/mol. The van der Waals surface area contributed by atoms with Crippen LogP contribution in [0.5, 0.6) is 0 Å². The van der Waals surface area contributed by atoms with Crippen LogP contribution in [-0.4, -0.2) is 16.8 Å². The summed E-state index contributed by atoms with van der Waals surface area (Å²) >= 11 is 0. The van der Waals surface area contributed by atoms with Crippen molar-refractivity contribution in [2.24, 2.45) is 0 Å². The minimum atomic E-state index is -0.847. The molecule has 5 nitrogen and oxygen atoms in total. The number of ketones is 1. The Balaban J connectivity index is 1.97. The van der Waals surface area contributed by atoms with Crippen LogP contribution in [0.25, 0.3) is 5.76 Å². The van der Waals surface area contributed by atoms with Crippen LogP contribution in [0.2, 0.25) is 0 Å². The van der Waals surface area contributed by atoms with Crippen molar-refractivity contribution in [3.05, 3.63) is 93.9 Å². The zero-order valence-electron chi connectivity index (χ0n) is 17.4. The van der Waals surface area contributed by atoms with Crippen LogP contribution in [0, 0.1) is 27.7 Å². The predicted octanol–water partition coefficient (Wildman–Crippen LogP) is 5.14. The van der Waals surface area contributed by atoms with Gasteiger partial charge in [-0.2, -0.15) is 0 Å². The Hall–Kier alpha value is -3.60. The molecule has 1 aromatic heterocycles. The number of carbonyl (C=O) groups is 2. The molecule has 1 amide bonds. The van der Waals surface area contributed by atoms with E-state index in [0.29, 0.717) is 22.8 Å². The monoisotopic (exact) mass is 401 g/mol. The molecule has 1 saturated heterocycles. The number of benzene rings is 2. The maximum Gasteiger partial charge on any atom is 0.300 e. The number of hydrogen-bond acceptors (Lipinski definition) is 4. The first-order valence-corrected chi connectivity index (χ1v) is 9.79. The third-order valence-electron chi connectivity index (χ3n) is 5.42. The molecule has 0 aliphatic carbocycles. The Morgan fingerprint density at radius 3 is 2.20 bits per heavy atom. The zero-order valence-corrected chi connectivity index (χ0v) is 17.4. The molecular weight excluding hydrogens is 378 g/mol. The van der Waals surface area contributed by atoms with Gasteiger partial charge in [0.1, 0.15) is 23.3 Å². The summed E-state index contributed by atoms with van der Waals surface area (Å²) in [5.74, 6) is -0.530. The first kappa shape index (κ1) is 19.7. The number of aliphatic hydroxyl groups is 1. The van der Waals surface area contributed by atoms with Gasteiger partial charge in [0, 0.05) is 11.3 Å². The maximum atomic E-state index is 13.1. The van der Waals surface area contributed by atoms with E-state index in [9.17, 15) is 14.7 Å². The van der Waals surface area contributed by atoms with Crippen LogP contribution in [0.15, 0.2) is 64.6 Å². The predicted molar refractivity (Wildman–Crippen MR) is 115 cm³/mol. The first-order chi connectivity index (χ1) is 14.3. The molecule has 0 radical (unpaired) electrons. The second-order valence-electron chi connectivity index (χ2n) is 7.77. The molecule has 0 saturated carbocycles. The number of anilines is 1. The summed E-state index contributed by atoms with van der Waals surface area (Å²) in [6.45, 7) is 7.55. The fraction of sp³-hybridized carbons (Fsp3) is 0.200. The van der Waals surface area contributed by atoms with Gasteiger partial charge in [-0.05, 0) is 57.0 Å². The fourth-order valence-electron chi connectivity index (χ4n) is 3.80. The third kappa shape index (κ3) is 3.22. The summed E-state index contributed by atoms with van der Waals surface area (Å²) in [4.78, 5) is 27.7. The van der Waals surface area contributed by atoms with Gasteiger partial charge in [0.2, 0.25) is 0 Å². The van der Waals surface area contributed by atoms with Crippen molar-refractivity contribution in [3.8, 4) is 0 Å². The molecule has 1 N–H and O–H groups in total. The summed E-state index contributed by atoms with van der Waals surface area (Å²) in [6, 6.07) is 15.6. The lowest BCUT2D eigenvalue weighted by Gasteiger charge is -2.25. The Morgan fingerprint density at radius 2 is 1.57 bits per heavy atom. The molecule has 2 aromatic carbocycles. The molecule has 5 heteroatoms. The van der Waals surface area contributed by atoms with Crippen molar-refractivity contribution < 1.29 is 19.1 Å². The number of aryl methyl sites for hydroxylation is 4. The van der Waals surface area contributed by atoms with Gasteiger partial charge in [-0.1, -0.05) is 42.0 Å². The number of nitrogens with zero attached hydrogens (tertiary/aromatic N) is 1. The van der Waals surface area contributed by atoms with E-state index in [4.69, 9.17) is 4.42 Å². The molecule has 30 heavy (non-hydrogen) atoms. The van der Waals surface area contributed by atoms with Crippen molar-refractivity contribution in [1.29, 1.82) is 0 Å². The second-order valence-corrected chi connectivity index (χ2v) is 7.77. The first-order valence-electron chi connectivity index (χ1n) is 9.79. The minimum Gasteiger partial charge on any atom is -0.507 e. The van der Waals surface area contributed by atoms with Crippen LogP contribution in [-0.2, 0) is 9.59 Å². The van der Waals surface area contributed by atoms with Gasteiger partial charge in [-0.3, -0.25) is 14.5 Å². The van der Waals surface area contributed by atoms with Gasteiger partial charge < -0.3 is 9.52 Å². The summed E-state index contributed by atoms with van der Waals surface area (Å²) < 4.78 is 5.83. The van der Waals surface area contributed by atoms with Gasteiger partial charge in [0.25, 0.3) is 11.7 Å². The van der Waals surface area contributed by atoms with Gasteiger partial charge in [0.05, 0.1) is 5.57 Å². The third-order valence-corrected chi connectivity index (χ3v) is 5.42. The van der Waals surface area contributed by atoms with E-state index in [0.717, 1.165) is 16.7 Å². The summed E-state index contributed by atoms with van der Waals surface area (Å²) in [5, 5.41) is 11.1. The fourth-order valence-corrected chi connectivity index (χ4v) is 3.80. The van der Waals surface area contributed by atoms with Crippen LogP contribution < -0.4 is 4.90 Å². The summed E-state index contributed by atoms with van der Waals surface area (Å²) in [7, 11) is 0. The van der Waals surface area contributed by atoms with Crippen LogP contribution >= 0.6 is 0 Å². The van der Waals surface area contributed by atoms with E-state index in [1.165, 1.54) is 4.90 Å². The lowest BCUT2D eigenvalue weighted by Crippen LogP contribution is -2.30. The molecule has 4 rings (SSSR count). The molecule has 3 aromatic rings. The highest BCUT2D eigenvalue weighted by Gasteiger charge is 2.48. The van der Waals surface area contributed by atoms with Gasteiger partial charge in [-0.15, -0.1) is 0 Å². The number of furan rings is 1. The van der Waals surface area contributed by atoms with E-state index in [1.54, 1.807) is 31.2 Å². The van der Waals surface area contributed by atoms with Crippen LogP contribution in [0.1, 0.15) is 39.8 Å². The number of Topliss-reactive ketones (excluding diaryl/α,β-unsaturated/α-hetero) is 1. The number of rotatable bonds is 3. The quantitative estimate of drug-likeness (QED) is 0.375. The van der Waals surface area contributed by atoms with Gasteiger partial charge in [-0.25, -0.2) is 0 Å². The normalized spacial score (nSPS) is 18.3. The minimum absolute atomic E-state index is 0.0270. The molecular formula is C25H23NO4. The maximum absolute atomic E-state index is 13.1. The SMILES string of the molecule is Cc1ccc(/C(O)=C2/C(=O)C(=O)N(c3cc(C)ccc3C)C2c2ccc(C)o2)cc1. The summed E-state index contributed by atoms with van der Waals surface area (Å²) in [5.41, 5.74) is 3.98. The van der Waals surface area contributed by atoms with Gasteiger partial charge in [0.15, 0.2) is 0 Å². The van der Waals surface area contributed by atoms with Crippen LogP contribution in [0.3, 0.4) is 0 Å². The lowest BCUT2D eigenvalue weighted by molar-refractivity contribution is -0.132. The Kier molecular flexibility index (Phi) is 4.82. The lowest BCUT2D eigenvalue weighted by atomic mass is 9.98. The number of aliphatic hydroxyl groups excluding tert-OH is 1. The van der Waals surface area contributed by atoms with E-state index >= 15 is 0 Å². The van der Waals surface area contributed by atoms with Gasteiger partial charge >= 0.3 is 0 Å². The van der Waals surface area contributed by atoms with Crippen molar-refractivity contribution in [2.75, 3.05) is 4.90 Å². The highest BCUT2D eigenvalue weighted by Crippen LogP contribution is 2.43. The van der Waals surface area contributed by atoms with E-state index in [-0.39, 0.29) is 11.3 Å². The van der Waals surface area contributed by atoms with Crippen molar-refractivity contribution in [3.63, 3.8) is 0 Å². The Bertz CT molecular complexity index is 1180. The molecule has 1 unspecified atom stereocenters. The molecule has 2 heterocycles. The molecule has 152 valence electrons. The smallest absolute Gasteiger partial charge is 0.300 e. The topological polar surface area (TPSA) is 70.8 Å². The second kappa shape index (κ2) is 7.34. The van der Waals surface area contributed by atoms with E-state index in [2.05, 4.69) is 0 Å². The molecule has 0 bridgehead atoms. The standard InChI is InChI=1S/C25H23NO4/c1-14-6-10-18(11-7-14)23(27)21-22(20-12-9-17(4)30-20)26(25(29)24(21)28)19-13-15(2)5-8-16(19)3/h5-13,22,27H,1-4H3/b23-21-. The summed E-state index contributed by atoms with van der Waals surface area (Å²) in [6.07, 6.45) is 0. The van der Waals surface area contributed by atoms with Crippen LogP contribution in [0.4, 0.5) is 5.69 Å².